The lowest BCUT2D eigenvalue weighted by molar-refractivity contribution is -0.154. The Hall–Kier alpha value is -2.97. The molecular formula is C34H52N4O4. The number of hydrogen-bond acceptors (Lipinski definition) is 5. The lowest BCUT2D eigenvalue weighted by atomic mass is 9.98. The third kappa shape index (κ3) is 9.53. The summed E-state index contributed by atoms with van der Waals surface area (Å²) in [6.45, 7) is 10.7. The third-order valence-electron chi connectivity index (χ3n) is 8.38. The van der Waals surface area contributed by atoms with E-state index in [0.717, 1.165) is 42.3 Å². The lowest BCUT2D eigenvalue weighted by Gasteiger charge is -2.32. The summed E-state index contributed by atoms with van der Waals surface area (Å²) < 4.78 is 5.39. The molecule has 1 fully saturated rings. The Morgan fingerprint density at radius 2 is 1.74 bits per heavy atom. The topological polar surface area (TPSA) is 99.8 Å². The molecule has 8 heteroatoms. The van der Waals surface area contributed by atoms with E-state index in [9.17, 15) is 14.4 Å². The van der Waals surface area contributed by atoms with Crippen molar-refractivity contribution < 1.29 is 19.1 Å². The molecule has 1 saturated heterocycles. The maximum absolute atomic E-state index is 13.5. The highest BCUT2D eigenvalue weighted by Gasteiger charge is 2.41. The largest absolute Gasteiger partial charge is 0.369 e. The van der Waals surface area contributed by atoms with Gasteiger partial charge < -0.3 is 25.6 Å². The van der Waals surface area contributed by atoms with Gasteiger partial charge in [-0.2, -0.15) is 0 Å². The summed E-state index contributed by atoms with van der Waals surface area (Å²) in [5.41, 5.74) is -0.0557. The maximum Gasteiger partial charge on any atom is 0.254 e. The average molecular weight is 581 g/mol. The summed E-state index contributed by atoms with van der Waals surface area (Å²) in [7, 11) is 1.50. The van der Waals surface area contributed by atoms with Crippen LogP contribution in [0.25, 0.3) is 10.8 Å². The molecule has 0 saturated carbocycles. The fourth-order valence-corrected chi connectivity index (χ4v) is 5.81. The zero-order valence-corrected chi connectivity index (χ0v) is 26.3. The summed E-state index contributed by atoms with van der Waals surface area (Å²) >= 11 is 0. The summed E-state index contributed by atoms with van der Waals surface area (Å²) in [6, 6.07) is 12.8. The highest BCUT2D eigenvalue weighted by Crippen LogP contribution is 2.24. The zero-order chi connectivity index (χ0) is 30.5. The number of nitrogens with one attached hydrogen (secondary N) is 3. The van der Waals surface area contributed by atoms with Crippen molar-refractivity contribution >= 4 is 28.5 Å². The second-order valence-electron chi connectivity index (χ2n) is 12.1. The van der Waals surface area contributed by atoms with Gasteiger partial charge in [0, 0.05) is 26.6 Å². The first kappa shape index (κ1) is 33.5. The molecule has 3 N–H and O–H groups in total. The van der Waals surface area contributed by atoms with Gasteiger partial charge in [-0.15, -0.1) is 0 Å². The molecule has 2 aromatic rings. The number of rotatable bonds is 17. The minimum atomic E-state index is -1.02. The number of carbonyl (C=O) groups is 3. The molecule has 2 atom stereocenters. The molecule has 0 radical (unpaired) electrons. The van der Waals surface area contributed by atoms with Crippen LogP contribution in [0.3, 0.4) is 0 Å². The molecule has 232 valence electrons. The highest BCUT2D eigenvalue weighted by molar-refractivity contribution is 5.94. The fourth-order valence-electron chi connectivity index (χ4n) is 5.81. The molecule has 1 aliphatic rings. The van der Waals surface area contributed by atoms with Crippen LogP contribution in [-0.4, -0.2) is 73.6 Å². The molecule has 0 bridgehead atoms. The number of amides is 3. The number of methoxy groups -OCH3 is 1. The van der Waals surface area contributed by atoms with Gasteiger partial charge in [0.25, 0.3) is 5.91 Å². The normalized spacial score (nSPS) is 16.1. The van der Waals surface area contributed by atoms with Crippen molar-refractivity contribution in [3.8, 4) is 0 Å². The molecule has 42 heavy (non-hydrogen) atoms. The van der Waals surface area contributed by atoms with Crippen LogP contribution in [0, 0.1) is 5.92 Å². The van der Waals surface area contributed by atoms with E-state index in [0.29, 0.717) is 31.8 Å². The van der Waals surface area contributed by atoms with Gasteiger partial charge in [0.2, 0.25) is 11.8 Å². The van der Waals surface area contributed by atoms with Crippen LogP contribution in [0.2, 0.25) is 0 Å². The van der Waals surface area contributed by atoms with Crippen LogP contribution in [0.5, 0.6) is 0 Å². The van der Waals surface area contributed by atoms with Crippen molar-refractivity contribution in [1.82, 2.24) is 20.9 Å². The Kier molecular flexibility index (Phi) is 13.3. The van der Waals surface area contributed by atoms with Gasteiger partial charge in [-0.25, -0.2) is 0 Å². The molecule has 1 heterocycles. The Morgan fingerprint density at radius 3 is 2.43 bits per heavy atom. The summed E-state index contributed by atoms with van der Waals surface area (Å²) in [6.07, 6.45) is 7.33. The van der Waals surface area contributed by atoms with Crippen molar-refractivity contribution in [1.29, 1.82) is 0 Å². The van der Waals surface area contributed by atoms with Crippen LogP contribution in [0.1, 0.15) is 78.2 Å². The van der Waals surface area contributed by atoms with Gasteiger partial charge in [0.1, 0.15) is 17.7 Å². The average Bonchev–Trinajstić information content (AvgIpc) is 3.48. The summed E-state index contributed by atoms with van der Waals surface area (Å²) in [5, 5.41) is 11.8. The monoisotopic (exact) mass is 580 g/mol. The molecular weight excluding hydrogens is 528 g/mol. The van der Waals surface area contributed by atoms with Crippen LogP contribution in [0.4, 0.5) is 0 Å². The van der Waals surface area contributed by atoms with E-state index in [2.05, 4.69) is 41.9 Å². The minimum absolute atomic E-state index is 0.209. The Balaban J connectivity index is 1.64. The summed E-state index contributed by atoms with van der Waals surface area (Å²) in [4.78, 5) is 41.7. The zero-order valence-electron chi connectivity index (χ0n) is 26.3. The molecule has 2 aromatic carbocycles. The van der Waals surface area contributed by atoms with Gasteiger partial charge in [-0.3, -0.25) is 14.4 Å². The van der Waals surface area contributed by atoms with E-state index >= 15 is 0 Å². The predicted molar refractivity (Wildman–Crippen MR) is 169 cm³/mol. The molecule has 3 rings (SSSR count). The minimum Gasteiger partial charge on any atom is -0.369 e. The van der Waals surface area contributed by atoms with Crippen LogP contribution in [0.15, 0.2) is 42.5 Å². The Morgan fingerprint density at radius 1 is 1.02 bits per heavy atom. The van der Waals surface area contributed by atoms with E-state index in [4.69, 9.17) is 4.74 Å². The standard InChI is InChI=1S/C34H52N4O4/c1-6-12-25(13-7-2)24-35-19-11-20-36-31(39)29(23-26-17-18-27-14-8-9-15-28(27)22-26)37-32(40)30-16-10-21-38(30)33(41)34(3,4)42-5/h8-9,14-15,17-18,22,25,29-30,35H,6-7,10-13,16,19-21,23-24H2,1-5H3,(H,36,39)(H,37,40)/t29-,30?/m1/s1. The van der Waals surface area contributed by atoms with Crippen LogP contribution in [-0.2, 0) is 25.5 Å². The van der Waals surface area contributed by atoms with E-state index in [1.165, 1.54) is 32.8 Å². The number of carbonyl (C=O) groups excluding carboxylic acids is 3. The van der Waals surface area contributed by atoms with Gasteiger partial charge in [-0.1, -0.05) is 69.2 Å². The molecule has 3 amide bonds. The lowest BCUT2D eigenvalue weighted by Crippen LogP contribution is -2.56. The van der Waals surface area contributed by atoms with Crippen molar-refractivity contribution in [2.24, 2.45) is 5.92 Å². The van der Waals surface area contributed by atoms with Crippen molar-refractivity contribution in [2.75, 3.05) is 33.3 Å². The van der Waals surface area contributed by atoms with Crippen molar-refractivity contribution in [2.45, 2.75) is 96.7 Å². The molecule has 0 aromatic heterocycles. The van der Waals surface area contributed by atoms with Gasteiger partial charge in [-0.05, 0) is 81.3 Å². The van der Waals surface area contributed by atoms with E-state index in [1.54, 1.807) is 18.7 Å². The van der Waals surface area contributed by atoms with E-state index in [-0.39, 0.29) is 17.7 Å². The highest BCUT2D eigenvalue weighted by atomic mass is 16.5. The summed E-state index contributed by atoms with van der Waals surface area (Å²) in [5.74, 6) is -0.0221. The first-order chi connectivity index (χ1) is 20.2. The fraction of sp³-hybridized carbons (Fsp3) is 0.618. The maximum atomic E-state index is 13.5. The van der Waals surface area contributed by atoms with Gasteiger partial charge in [0.15, 0.2) is 0 Å². The van der Waals surface area contributed by atoms with Crippen molar-refractivity contribution in [3.05, 3.63) is 48.0 Å². The molecule has 1 aliphatic heterocycles. The molecule has 0 spiro atoms. The SMILES string of the molecule is CCCC(CCC)CNCCCNC(=O)[C@@H](Cc1ccc2ccccc2c1)NC(=O)C1CCCN1C(=O)C(C)(C)OC. The molecule has 1 unspecified atom stereocenters. The van der Waals surface area contributed by atoms with E-state index in [1.807, 2.05) is 30.3 Å². The predicted octanol–water partition coefficient (Wildman–Crippen LogP) is 4.60. The molecule has 8 nitrogen and oxygen atoms in total. The third-order valence-corrected chi connectivity index (χ3v) is 8.38. The number of fused-ring (bicyclic) bond motifs is 1. The number of ether oxygens (including phenoxy) is 1. The Bertz CT molecular complexity index is 1160. The second kappa shape index (κ2) is 16.6. The van der Waals surface area contributed by atoms with Crippen LogP contribution >= 0.6 is 0 Å². The Labute approximate surface area is 252 Å². The number of hydrogen-bond donors (Lipinski definition) is 3. The smallest absolute Gasteiger partial charge is 0.254 e. The number of benzene rings is 2. The first-order valence-electron chi connectivity index (χ1n) is 15.8. The molecule has 0 aliphatic carbocycles. The first-order valence-corrected chi connectivity index (χ1v) is 15.8. The van der Waals surface area contributed by atoms with E-state index < -0.39 is 17.7 Å². The number of nitrogens with zero attached hydrogens (tertiary/aromatic N) is 1. The van der Waals surface area contributed by atoms with Gasteiger partial charge in [0.05, 0.1) is 0 Å². The van der Waals surface area contributed by atoms with Crippen LogP contribution < -0.4 is 16.0 Å². The number of likely N-dealkylation sites (tertiary alicyclic amines) is 1. The second-order valence-corrected chi connectivity index (χ2v) is 12.1. The quantitative estimate of drug-likeness (QED) is 0.238. The van der Waals surface area contributed by atoms with Gasteiger partial charge >= 0.3 is 0 Å². The van der Waals surface area contributed by atoms with Crippen molar-refractivity contribution in [3.63, 3.8) is 0 Å².